The van der Waals surface area contributed by atoms with Crippen LogP contribution in [-0.2, 0) is 18.3 Å². The molecule has 0 aromatic carbocycles. The second kappa shape index (κ2) is 12.5. The molecule has 0 aromatic rings. The Labute approximate surface area is 120 Å². The summed E-state index contributed by atoms with van der Waals surface area (Å²) in [6.07, 6.45) is -1.76. The molecule has 8 heteroatoms. The van der Waals surface area contributed by atoms with Gasteiger partial charge in [0.2, 0.25) is 6.29 Å². The molecule has 0 saturated heterocycles. The van der Waals surface area contributed by atoms with Gasteiger partial charge in [-0.3, -0.25) is 0 Å². The molecule has 0 amide bonds. The lowest BCUT2D eigenvalue weighted by Crippen LogP contribution is -2.17. The number of hydrogen-bond donors (Lipinski definition) is 1. The smallest absolute Gasteiger partial charge is 0.368 e. The van der Waals surface area contributed by atoms with Crippen LogP contribution in [0.2, 0.25) is 0 Å². The van der Waals surface area contributed by atoms with E-state index >= 15 is 0 Å². The van der Waals surface area contributed by atoms with E-state index in [1.807, 2.05) is 13.8 Å². The molecule has 1 N–H and O–H groups in total. The molecule has 0 aliphatic carbocycles. The third-order valence-corrected chi connectivity index (χ3v) is 1.99. The minimum Gasteiger partial charge on any atom is -0.368 e. The predicted octanol–water partition coefficient (Wildman–Crippen LogP) is 3.64. The summed E-state index contributed by atoms with van der Waals surface area (Å²) in [5.41, 5.74) is 0. The Morgan fingerprint density at radius 2 is 1.61 bits per heavy atom. The first kappa shape index (κ1) is 20.8. The van der Waals surface area contributed by atoms with Gasteiger partial charge in [0.25, 0.3) is 0 Å². The SMILES string of the molecule is CC(C)Cl.CC(Cl)CO[P+](=O)OC(C)OC(C)O. The van der Waals surface area contributed by atoms with Gasteiger partial charge in [-0.1, -0.05) is 4.52 Å². The number of alkyl halides is 2. The van der Waals surface area contributed by atoms with E-state index in [4.69, 9.17) is 42.1 Å². The molecule has 0 radical (unpaired) electrons. The molecule has 0 heterocycles. The van der Waals surface area contributed by atoms with Crippen molar-refractivity contribution in [2.45, 2.75) is 58.0 Å². The summed E-state index contributed by atoms with van der Waals surface area (Å²) >= 11 is 10.8. The maximum absolute atomic E-state index is 11.0. The fourth-order valence-corrected chi connectivity index (χ4v) is 1.47. The Bertz CT molecular complexity index is 212. The number of ether oxygens (including phenoxy) is 1. The molecule has 4 unspecified atom stereocenters. The Morgan fingerprint density at radius 3 is 1.94 bits per heavy atom. The zero-order chi connectivity index (χ0) is 14.7. The normalized spacial score (nSPS) is 16.6. The second-order valence-corrected chi connectivity index (χ2v) is 6.26. The Kier molecular flexibility index (Phi) is 14.5. The summed E-state index contributed by atoms with van der Waals surface area (Å²) in [5, 5.41) is 8.87. The van der Waals surface area contributed by atoms with Gasteiger partial charge in [-0.05, 0) is 34.6 Å². The first-order valence-electron chi connectivity index (χ1n) is 5.53. The number of aliphatic hydroxyl groups excluding tert-OH is 1. The van der Waals surface area contributed by atoms with Crippen LogP contribution in [0.25, 0.3) is 0 Å². The maximum Gasteiger partial charge on any atom is 0.700 e. The predicted molar refractivity (Wildman–Crippen MR) is 73.2 cm³/mol. The van der Waals surface area contributed by atoms with Crippen molar-refractivity contribution in [2.24, 2.45) is 0 Å². The van der Waals surface area contributed by atoms with Crippen LogP contribution in [0.1, 0.15) is 34.6 Å². The maximum atomic E-state index is 11.0. The van der Waals surface area contributed by atoms with Gasteiger partial charge in [0.1, 0.15) is 6.61 Å². The molecule has 5 nitrogen and oxygen atoms in total. The van der Waals surface area contributed by atoms with Crippen LogP contribution in [0.4, 0.5) is 0 Å². The standard InChI is InChI=1S/C7H15ClO5P.C3H7Cl/c1-5(8)4-11-14(10)13-7(3)12-6(2)9;1-3(2)4/h5-7,9H,4H2,1-3H3;3H,1-2H3/q+1;. The summed E-state index contributed by atoms with van der Waals surface area (Å²) in [6, 6.07) is 0. The van der Waals surface area contributed by atoms with E-state index in [9.17, 15) is 4.57 Å². The van der Waals surface area contributed by atoms with E-state index in [1.54, 1.807) is 6.92 Å². The van der Waals surface area contributed by atoms with Gasteiger partial charge >= 0.3 is 8.25 Å². The molecule has 110 valence electrons. The summed E-state index contributed by atoms with van der Waals surface area (Å²) in [4.78, 5) is 0. The Balaban J connectivity index is 0. The van der Waals surface area contributed by atoms with Crippen molar-refractivity contribution in [1.82, 2.24) is 0 Å². The molecule has 0 rings (SSSR count). The number of rotatable bonds is 7. The van der Waals surface area contributed by atoms with Crippen LogP contribution in [0.3, 0.4) is 0 Å². The minimum absolute atomic E-state index is 0.137. The Hall–Kier alpha value is 0.520. The quantitative estimate of drug-likeness (QED) is 0.440. The summed E-state index contributed by atoms with van der Waals surface area (Å²) in [6.45, 7) is 8.64. The summed E-state index contributed by atoms with van der Waals surface area (Å²) in [5.74, 6) is 0. The highest BCUT2D eigenvalue weighted by Crippen LogP contribution is 2.27. The van der Waals surface area contributed by atoms with E-state index in [-0.39, 0.29) is 12.0 Å². The first-order valence-corrected chi connectivity index (χ1v) is 7.50. The van der Waals surface area contributed by atoms with E-state index in [1.165, 1.54) is 13.8 Å². The molecule has 18 heavy (non-hydrogen) atoms. The van der Waals surface area contributed by atoms with Crippen molar-refractivity contribution in [3.8, 4) is 0 Å². The molecule has 0 aromatic heterocycles. The first-order chi connectivity index (χ1) is 8.15. The molecule has 0 aliphatic heterocycles. The van der Waals surface area contributed by atoms with Crippen molar-refractivity contribution >= 4 is 31.5 Å². The molecular formula is C10H22Cl2O5P+. The van der Waals surface area contributed by atoms with Gasteiger partial charge < -0.3 is 9.84 Å². The zero-order valence-electron chi connectivity index (χ0n) is 11.3. The van der Waals surface area contributed by atoms with Gasteiger partial charge in [0.15, 0.2) is 6.29 Å². The third kappa shape index (κ3) is 21.8. The number of hydrogen-bond acceptors (Lipinski definition) is 5. The van der Waals surface area contributed by atoms with Crippen molar-refractivity contribution in [2.75, 3.05) is 6.61 Å². The van der Waals surface area contributed by atoms with Crippen molar-refractivity contribution in [1.29, 1.82) is 0 Å². The number of aliphatic hydroxyl groups is 1. The topological polar surface area (TPSA) is 65.0 Å². The lowest BCUT2D eigenvalue weighted by Gasteiger charge is -2.08. The van der Waals surface area contributed by atoms with Gasteiger partial charge in [-0.2, -0.15) is 0 Å². The minimum atomic E-state index is -2.25. The van der Waals surface area contributed by atoms with Crippen molar-refractivity contribution < 1.29 is 23.5 Å². The van der Waals surface area contributed by atoms with Crippen LogP contribution in [0, 0.1) is 0 Å². The molecule has 0 saturated carbocycles. The van der Waals surface area contributed by atoms with Gasteiger partial charge in [-0.25, -0.2) is 0 Å². The highest BCUT2D eigenvalue weighted by atomic mass is 35.5. The van der Waals surface area contributed by atoms with E-state index in [0.717, 1.165) is 0 Å². The average molecular weight is 324 g/mol. The van der Waals surface area contributed by atoms with Crippen LogP contribution < -0.4 is 0 Å². The van der Waals surface area contributed by atoms with Gasteiger partial charge in [0, 0.05) is 9.94 Å². The summed E-state index contributed by atoms with van der Waals surface area (Å²) < 4.78 is 25.3. The molecule has 0 fully saturated rings. The second-order valence-electron chi connectivity index (χ2n) is 3.72. The number of halogens is 2. The Morgan fingerprint density at radius 1 is 1.17 bits per heavy atom. The molecule has 0 bridgehead atoms. The monoisotopic (exact) mass is 323 g/mol. The average Bonchev–Trinajstić information content (AvgIpc) is 2.12. The fourth-order valence-electron chi connectivity index (χ4n) is 0.617. The van der Waals surface area contributed by atoms with Crippen LogP contribution in [-0.4, -0.2) is 35.0 Å². The van der Waals surface area contributed by atoms with E-state index < -0.39 is 20.8 Å². The zero-order valence-corrected chi connectivity index (χ0v) is 13.7. The van der Waals surface area contributed by atoms with E-state index in [0.29, 0.717) is 5.38 Å². The van der Waals surface area contributed by atoms with Crippen LogP contribution >= 0.6 is 31.5 Å². The highest BCUT2D eigenvalue weighted by molar-refractivity contribution is 7.33. The molecule has 4 atom stereocenters. The van der Waals surface area contributed by atoms with E-state index in [2.05, 4.69) is 0 Å². The van der Waals surface area contributed by atoms with Crippen molar-refractivity contribution in [3.05, 3.63) is 0 Å². The van der Waals surface area contributed by atoms with Gasteiger partial charge in [-0.15, -0.1) is 27.7 Å². The third-order valence-electron chi connectivity index (χ3n) is 1.03. The van der Waals surface area contributed by atoms with Crippen LogP contribution in [0.5, 0.6) is 0 Å². The molecular weight excluding hydrogens is 302 g/mol. The van der Waals surface area contributed by atoms with Crippen molar-refractivity contribution in [3.63, 3.8) is 0 Å². The lowest BCUT2D eigenvalue weighted by molar-refractivity contribution is -0.180. The largest absolute Gasteiger partial charge is 0.700 e. The molecule has 0 spiro atoms. The highest BCUT2D eigenvalue weighted by Gasteiger charge is 2.26. The van der Waals surface area contributed by atoms with Crippen LogP contribution in [0.15, 0.2) is 0 Å². The van der Waals surface area contributed by atoms with Gasteiger partial charge in [0.05, 0.1) is 5.38 Å². The fraction of sp³-hybridized carbons (Fsp3) is 1.00. The lowest BCUT2D eigenvalue weighted by atomic mass is 10.5. The summed E-state index contributed by atoms with van der Waals surface area (Å²) in [7, 11) is -2.25. The molecule has 0 aliphatic rings.